The average Bonchev–Trinajstić information content (AvgIpc) is 2.37. The molecule has 1 heterocycles. The van der Waals surface area contributed by atoms with Crippen LogP contribution in [0.15, 0.2) is 22.8 Å². The van der Waals surface area contributed by atoms with Crippen LogP contribution >= 0.6 is 12.6 Å². The molecule has 0 aliphatic heterocycles. The van der Waals surface area contributed by atoms with Gasteiger partial charge in [-0.3, -0.25) is 0 Å². The van der Waals surface area contributed by atoms with Crippen LogP contribution in [-0.2, 0) is 0 Å². The van der Waals surface area contributed by atoms with E-state index in [9.17, 15) is 0 Å². The SMILES string of the molecule is CCC(S)c1ccco1. The molecule has 0 aliphatic rings. The fourth-order valence-electron chi connectivity index (χ4n) is 0.682. The largest absolute Gasteiger partial charge is 0.468 e. The molecule has 2 heteroatoms. The standard InChI is InChI=1S/C7H10OS/c1-2-7(9)6-4-3-5-8-6/h3-5,7,9H,2H2,1H3. The van der Waals surface area contributed by atoms with Crippen molar-refractivity contribution in [1.29, 1.82) is 0 Å². The first kappa shape index (κ1) is 6.75. The van der Waals surface area contributed by atoms with E-state index < -0.39 is 0 Å². The molecule has 0 amide bonds. The van der Waals surface area contributed by atoms with Gasteiger partial charge in [0.1, 0.15) is 5.76 Å². The second-order valence-corrected chi connectivity index (χ2v) is 2.56. The van der Waals surface area contributed by atoms with Gasteiger partial charge >= 0.3 is 0 Å². The summed E-state index contributed by atoms with van der Waals surface area (Å²) >= 11 is 4.29. The zero-order valence-electron chi connectivity index (χ0n) is 5.37. The van der Waals surface area contributed by atoms with Crippen molar-refractivity contribution in [3.05, 3.63) is 24.2 Å². The van der Waals surface area contributed by atoms with E-state index in [0.717, 1.165) is 12.2 Å². The summed E-state index contributed by atoms with van der Waals surface area (Å²) < 4.78 is 5.11. The van der Waals surface area contributed by atoms with Crippen LogP contribution in [0.25, 0.3) is 0 Å². The van der Waals surface area contributed by atoms with Crippen LogP contribution in [0.3, 0.4) is 0 Å². The van der Waals surface area contributed by atoms with Gasteiger partial charge in [0.15, 0.2) is 0 Å². The van der Waals surface area contributed by atoms with Crippen LogP contribution in [0.5, 0.6) is 0 Å². The lowest BCUT2D eigenvalue weighted by atomic mass is 10.3. The molecule has 1 unspecified atom stereocenters. The highest BCUT2D eigenvalue weighted by Gasteiger charge is 2.04. The molecular weight excluding hydrogens is 132 g/mol. The van der Waals surface area contributed by atoms with Gasteiger partial charge in [-0.25, -0.2) is 0 Å². The van der Waals surface area contributed by atoms with Crippen molar-refractivity contribution < 1.29 is 4.42 Å². The molecule has 1 rings (SSSR count). The Morgan fingerprint density at radius 1 is 1.78 bits per heavy atom. The minimum Gasteiger partial charge on any atom is -0.468 e. The average molecular weight is 142 g/mol. The van der Waals surface area contributed by atoms with E-state index in [4.69, 9.17) is 4.42 Å². The Kier molecular flexibility index (Phi) is 2.22. The van der Waals surface area contributed by atoms with Gasteiger partial charge in [-0.05, 0) is 18.6 Å². The van der Waals surface area contributed by atoms with Gasteiger partial charge < -0.3 is 4.42 Å². The van der Waals surface area contributed by atoms with Crippen molar-refractivity contribution in [2.75, 3.05) is 0 Å². The van der Waals surface area contributed by atoms with Gasteiger partial charge in [0.05, 0.1) is 11.5 Å². The van der Waals surface area contributed by atoms with Crippen molar-refractivity contribution in [2.24, 2.45) is 0 Å². The fraction of sp³-hybridized carbons (Fsp3) is 0.429. The van der Waals surface area contributed by atoms with Crippen molar-refractivity contribution in [3.63, 3.8) is 0 Å². The topological polar surface area (TPSA) is 13.1 Å². The van der Waals surface area contributed by atoms with E-state index in [-0.39, 0.29) is 5.25 Å². The monoisotopic (exact) mass is 142 g/mol. The quantitative estimate of drug-likeness (QED) is 0.626. The van der Waals surface area contributed by atoms with Crippen LogP contribution in [-0.4, -0.2) is 0 Å². The fourth-order valence-corrected chi connectivity index (χ4v) is 0.829. The maximum absolute atomic E-state index is 5.11. The van der Waals surface area contributed by atoms with E-state index in [2.05, 4.69) is 19.6 Å². The number of hydrogen-bond acceptors (Lipinski definition) is 2. The molecule has 1 aromatic heterocycles. The summed E-state index contributed by atoms with van der Waals surface area (Å²) in [6, 6.07) is 3.83. The molecule has 0 radical (unpaired) electrons. The molecule has 0 N–H and O–H groups in total. The molecule has 50 valence electrons. The molecular formula is C7H10OS. The molecule has 1 atom stereocenters. The summed E-state index contributed by atoms with van der Waals surface area (Å²) in [6.45, 7) is 2.08. The van der Waals surface area contributed by atoms with E-state index in [1.54, 1.807) is 6.26 Å². The highest BCUT2D eigenvalue weighted by Crippen LogP contribution is 2.22. The Hall–Kier alpha value is -0.370. The van der Waals surface area contributed by atoms with E-state index in [1.807, 2.05) is 12.1 Å². The van der Waals surface area contributed by atoms with Crippen LogP contribution in [0, 0.1) is 0 Å². The molecule has 0 saturated heterocycles. The normalized spacial score (nSPS) is 13.6. The predicted molar refractivity (Wildman–Crippen MR) is 40.7 cm³/mol. The molecule has 9 heavy (non-hydrogen) atoms. The van der Waals surface area contributed by atoms with Gasteiger partial charge in [0.25, 0.3) is 0 Å². The number of hydrogen-bond donors (Lipinski definition) is 1. The third-order valence-corrected chi connectivity index (χ3v) is 1.88. The number of furan rings is 1. The Bertz CT molecular complexity index is 157. The zero-order valence-corrected chi connectivity index (χ0v) is 6.27. The minimum atomic E-state index is 0.264. The van der Waals surface area contributed by atoms with Crippen molar-refractivity contribution >= 4 is 12.6 Å². The van der Waals surface area contributed by atoms with E-state index >= 15 is 0 Å². The summed E-state index contributed by atoms with van der Waals surface area (Å²) in [5, 5.41) is 0.264. The number of thiol groups is 1. The van der Waals surface area contributed by atoms with Gasteiger partial charge in [-0.1, -0.05) is 6.92 Å². The highest BCUT2D eigenvalue weighted by molar-refractivity contribution is 7.80. The predicted octanol–water partition coefficient (Wildman–Crippen LogP) is 2.66. The lowest BCUT2D eigenvalue weighted by molar-refractivity contribution is 0.503. The summed E-state index contributed by atoms with van der Waals surface area (Å²) in [5.74, 6) is 0.959. The van der Waals surface area contributed by atoms with E-state index in [1.165, 1.54) is 0 Å². The maximum Gasteiger partial charge on any atom is 0.116 e. The van der Waals surface area contributed by atoms with Gasteiger partial charge in [0, 0.05) is 0 Å². The highest BCUT2D eigenvalue weighted by atomic mass is 32.1. The molecule has 0 saturated carbocycles. The Morgan fingerprint density at radius 2 is 2.56 bits per heavy atom. The molecule has 0 aliphatic carbocycles. The Labute approximate surface area is 60.5 Å². The molecule has 0 bridgehead atoms. The van der Waals surface area contributed by atoms with Crippen molar-refractivity contribution in [2.45, 2.75) is 18.6 Å². The molecule has 1 nitrogen and oxygen atoms in total. The third kappa shape index (κ3) is 1.52. The van der Waals surface area contributed by atoms with Gasteiger partial charge in [-0.2, -0.15) is 12.6 Å². The molecule has 0 fully saturated rings. The summed E-state index contributed by atoms with van der Waals surface area (Å²) in [6.07, 6.45) is 2.69. The Balaban J connectivity index is 2.65. The molecule has 0 spiro atoms. The zero-order chi connectivity index (χ0) is 6.69. The van der Waals surface area contributed by atoms with Crippen LogP contribution in [0.4, 0.5) is 0 Å². The van der Waals surface area contributed by atoms with Crippen LogP contribution in [0.1, 0.15) is 24.4 Å². The van der Waals surface area contributed by atoms with Gasteiger partial charge in [-0.15, -0.1) is 0 Å². The van der Waals surface area contributed by atoms with Crippen molar-refractivity contribution in [1.82, 2.24) is 0 Å². The third-order valence-electron chi connectivity index (χ3n) is 1.26. The van der Waals surface area contributed by atoms with Crippen LogP contribution in [0.2, 0.25) is 0 Å². The second-order valence-electron chi connectivity index (χ2n) is 1.94. The second kappa shape index (κ2) is 2.97. The lowest BCUT2D eigenvalue weighted by Crippen LogP contribution is -1.82. The van der Waals surface area contributed by atoms with E-state index in [0.29, 0.717) is 0 Å². The van der Waals surface area contributed by atoms with Gasteiger partial charge in [0.2, 0.25) is 0 Å². The molecule has 1 aromatic rings. The summed E-state index contributed by atoms with van der Waals surface area (Å²) in [5.41, 5.74) is 0. The first-order valence-corrected chi connectivity index (χ1v) is 3.57. The Morgan fingerprint density at radius 3 is 3.00 bits per heavy atom. The first-order chi connectivity index (χ1) is 4.34. The van der Waals surface area contributed by atoms with Crippen LogP contribution < -0.4 is 0 Å². The lowest BCUT2D eigenvalue weighted by Gasteiger charge is -2.00. The molecule has 0 aromatic carbocycles. The number of rotatable bonds is 2. The summed E-state index contributed by atoms with van der Waals surface area (Å²) in [4.78, 5) is 0. The van der Waals surface area contributed by atoms with Crippen molar-refractivity contribution in [3.8, 4) is 0 Å². The minimum absolute atomic E-state index is 0.264. The first-order valence-electron chi connectivity index (χ1n) is 3.06. The smallest absolute Gasteiger partial charge is 0.116 e. The summed E-state index contributed by atoms with van der Waals surface area (Å²) in [7, 11) is 0. The maximum atomic E-state index is 5.11.